The highest BCUT2D eigenvalue weighted by Crippen LogP contribution is 2.45. The average Bonchev–Trinajstić information content (AvgIpc) is 0.918. The van der Waals surface area contributed by atoms with Gasteiger partial charge in [-0.2, -0.15) is 0 Å². The van der Waals surface area contributed by atoms with E-state index in [2.05, 4.69) is 186 Å². The number of ether oxygens (including phenoxy) is 4. The van der Waals surface area contributed by atoms with Crippen molar-refractivity contribution in [2.75, 3.05) is 39.6 Å². The third kappa shape index (κ3) is 74.9. The Hall–Kier alpha value is -5.32. The molecule has 0 rings (SSSR count). The van der Waals surface area contributed by atoms with Gasteiger partial charge in [0.2, 0.25) is 0 Å². The lowest BCUT2D eigenvalue weighted by Gasteiger charge is -2.21. The van der Waals surface area contributed by atoms with Crippen LogP contribution < -0.4 is 0 Å². The number of aliphatic hydroxyl groups is 1. The van der Waals surface area contributed by atoms with Crippen LogP contribution in [0.2, 0.25) is 0 Å². The number of allylic oxidation sites excluding steroid dienone is 26. The molecule has 5 atom stereocenters. The molecule has 17 nitrogen and oxygen atoms in total. The normalized spacial score (nSPS) is 14.7. The number of carbonyl (C=O) groups is 4. The molecule has 0 amide bonds. The van der Waals surface area contributed by atoms with Crippen molar-refractivity contribution < 1.29 is 80.2 Å². The predicted octanol–water partition coefficient (Wildman–Crippen LogP) is 23.2. The molecule has 0 bridgehead atoms. The first-order valence-corrected chi connectivity index (χ1v) is 42.7. The zero-order valence-corrected chi connectivity index (χ0v) is 66.4. The van der Waals surface area contributed by atoms with Crippen LogP contribution in [-0.4, -0.2) is 96.7 Å². The van der Waals surface area contributed by atoms with Crippen molar-refractivity contribution >= 4 is 39.5 Å². The van der Waals surface area contributed by atoms with E-state index in [9.17, 15) is 43.2 Å². The molecule has 3 N–H and O–H groups in total. The summed E-state index contributed by atoms with van der Waals surface area (Å²) < 4.78 is 68.5. The molecule has 19 heteroatoms. The second-order valence-electron chi connectivity index (χ2n) is 25.9. The molecule has 0 heterocycles. The number of hydrogen-bond acceptors (Lipinski definition) is 15. The summed E-state index contributed by atoms with van der Waals surface area (Å²) in [6, 6.07) is 0. The molecule has 0 aromatic carbocycles. The number of aliphatic hydroxyl groups excluding tert-OH is 1. The summed E-state index contributed by atoms with van der Waals surface area (Å²) >= 11 is 0. The molecule has 0 radical (unpaired) electrons. The molecule has 104 heavy (non-hydrogen) atoms. The van der Waals surface area contributed by atoms with Crippen LogP contribution in [0.25, 0.3) is 0 Å². The number of esters is 4. The Kier molecular flexibility index (Phi) is 72.0. The SMILES string of the molecule is CC/C=C\C/C=C\C/C=C\C/C=C\C/C=C\CCCCCC(=O)OCC(COP(=O)(O)OCC(O)COP(=O)(O)OCC(COC(=O)CCCC/C=C\C/C=C\C/C=C\C/C=C\CC)OC(=O)CCCC/C=C\C/C=C\C/C=C\C/C=C\CC)OC(=O)CCCCCCCCCCCCCCCCC. The number of hydrogen-bond donors (Lipinski definition) is 3. The molecule has 0 saturated heterocycles. The van der Waals surface area contributed by atoms with E-state index in [1.165, 1.54) is 64.2 Å². The number of rotatable bonds is 73. The minimum atomic E-state index is -5.00. The average molecular weight is 1500 g/mol. The number of unbranched alkanes of at least 4 members (excludes halogenated alkanes) is 21. The molecule has 0 aliphatic carbocycles. The van der Waals surface area contributed by atoms with E-state index in [4.69, 9.17) is 37.0 Å². The van der Waals surface area contributed by atoms with Gasteiger partial charge in [0.25, 0.3) is 0 Å². The highest BCUT2D eigenvalue weighted by Gasteiger charge is 2.30. The van der Waals surface area contributed by atoms with Crippen molar-refractivity contribution in [1.82, 2.24) is 0 Å². The van der Waals surface area contributed by atoms with Crippen molar-refractivity contribution in [2.24, 2.45) is 0 Å². The summed E-state index contributed by atoms with van der Waals surface area (Å²) in [5.74, 6) is -2.31. The van der Waals surface area contributed by atoms with E-state index in [1.54, 1.807) is 0 Å². The van der Waals surface area contributed by atoms with E-state index >= 15 is 0 Å². The third-order valence-electron chi connectivity index (χ3n) is 16.0. The first-order valence-electron chi connectivity index (χ1n) is 39.7. The maximum Gasteiger partial charge on any atom is 0.472 e. The van der Waals surface area contributed by atoms with Gasteiger partial charge in [0.15, 0.2) is 12.2 Å². The maximum atomic E-state index is 13.1. The van der Waals surface area contributed by atoms with Gasteiger partial charge in [0.1, 0.15) is 19.3 Å². The number of carbonyl (C=O) groups excluding carboxylic acids is 4. The van der Waals surface area contributed by atoms with Crippen LogP contribution >= 0.6 is 15.6 Å². The lowest BCUT2D eigenvalue weighted by atomic mass is 10.0. The van der Waals surface area contributed by atoms with Crippen LogP contribution in [0.15, 0.2) is 158 Å². The maximum absolute atomic E-state index is 13.1. The standard InChI is InChI=1S/C85H140O17P2/c1-5-9-13-17-21-25-29-33-37-38-39-40-44-46-50-54-58-62-66-70-83(88)96-76-81(102-85(90)72-68-64-60-56-52-48-43-36-32-28-24-20-16-12-8-4)78-100-104(93,94)98-74-79(86)73-97-103(91,92)99-77-80(101-84(89)71-67-63-59-55-51-47-42-35-31-27-23-19-15-11-7-3)75-95-82(87)69-65-61-57-53-49-45-41-34-30-26-22-18-14-10-6-2/h9-11,13-15,21-23,25-27,33-35,37,39-42,46,49-51,53,55,79-81,86H,5-8,12,16-20,24,28-32,36,38,43-45,47-48,52,54,56-78H2,1-4H3,(H,91,92)(H,93,94)/b13-9-,14-10-,15-11-,25-21-,26-22-,27-23-,37-33-,40-39-,41-34-,42-35-,50-46-,53-49-,55-51-. The van der Waals surface area contributed by atoms with Gasteiger partial charge in [-0.05, 0) is 148 Å². The molecule has 592 valence electrons. The fourth-order valence-corrected chi connectivity index (χ4v) is 11.6. The number of phosphoric ester groups is 2. The first kappa shape index (κ1) is 98.7. The van der Waals surface area contributed by atoms with Crippen molar-refractivity contribution in [1.29, 1.82) is 0 Å². The fraction of sp³-hybridized carbons (Fsp3) is 0.647. The van der Waals surface area contributed by atoms with Crippen LogP contribution in [0.4, 0.5) is 0 Å². The molecule has 5 unspecified atom stereocenters. The molecule has 0 aliphatic rings. The Balaban J connectivity index is 5.46. The van der Waals surface area contributed by atoms with Gasteiger partial charge in [-0.1, -0.05) is 282 Å². The first-order chi connectivity index (χ1) is 50.7. The molecule has 0 spiro atoms. The topological polar surface area (TPSA) is 237 Å². The van der Waals surface area contributed by atoms with E-state index in [-0.39, 0.29) is 25.7 Å². The zero-order chi connectivity index (χ0) is 76.0. The van der Waals surface area contributed by atoms with Crippen LogP contribution in [-0.2, 0) is 65.4 Å². The molecule has 0 saturated carbocycles. The predicted molar refractivity (Wildman–Crippen MR) is 427 cm³/mol. The molecule has 0 fully saturated rings. The van der Waals surface area contributed by atoms with E-state index in [0.29, 0.717) is 32.1 Å². The van der Waals surface area contributed by atoms with Gasteiger partial charge >= 0.3 is 39.5 Å². The Bertz CT molecular complexity index is 2590. The Morgan fingerprint density at radius 3 is 0.788 bits per heavy atom. The molecular weight excluding hydrogens is 1350 g/mol. The quantitative estimate of drug-likeness (QED) is 0.0169. The van der Waals surface area contributed by atoms with Crippen molar-refractivity contribution in [2.45, 2.75) is 316 Å². The smallest absolute Gasteiger partial charge is 0.462 e. The van der Waals surface area contributed by atoms with E-state index in [0.717, 1.165) is 148 Å². The highest BCUT2D eigenvalue weighted by molar-refractivity contribution is 7.47. The molecular formula is C85H140O17P2. The highest BCUT2D eigenvalue weighted by atomic mass is 31.2. The van der Waals surface area contributed by atoms with Gasteiger partial charge < -0.3 is 33.8 Å². The van der Waals surface area contributed by atoms with Crippen molar-refractivity contribution in [3.8, 4) is 0 Å². The third-order valence-corrected chi connectivity index (χ3v) is 17.9. The van der Waals surface area contributed by atoms with Crippen LogP contribution in [0, 0.1) is 0 Å². The Labute approximate surface area is 629 Å². The minimum absolute atomic E-state index is 0.0281. The van der Waals surface area contributed by atoms with Crippen molar-refractivity contribution in [3.63, 3.8) is 0 Å². The van der Waals surface area contributed by atoms with Crippen LogP contribution in [0.1, 0.15) is 297 Å². The van der Waals surface area contributed by atoms with E-state index < -0.39 is 97.5 Å². The second-order valence-corrected chi connectivity index (χ2v) is 28.8. The summed E-state index contributed by atoms with van der Waals surface area (Å²) in [4.78, 5) is 73.0. The van der Waals surface area contributed by atoms with Crippen molar-refractivity contribution in [3.05, 3.63) is 158 Å². The Morgan fingerprint density at radius 2 is 0.500 bits per heavy atom. The van der Waals surface area contributed by atoms with Gasteiger partial charge in [-0.15, -0.1) is 0 Å². The van der Waals surface area contributed by atoms with Gasteiger partial charge in [-0.3, -0.25) is 37.3 Å². The zero-order valence-electron chi connectivity index (χ0n) is 64.6. The lowest BCUT2D eigenvalue weighted by molar-refractivity contribution is -0.161. The van der Waals surface area contributed by atoms with Gasteiger partial charge in [-0.25, -0.2) is 9.13 Å². The second kappa shape index (κ2) is 75.9. The summed E-state index contributed by atoms with van der Waals surface area (Å²) in [6.07, 6.45) is 88.1. The minimum Gasteiger partial charge on any atom is -0.462 e. The monoisotopic (exact) mass is 1490 g/mol. The Morgan fingerprint density at radius 1 is 0.279 bits per heavy atom. The van der Waals surface area contributed by atoms with E-state index in [1.807, 2.05) is 0 Å². The molecule has 0 aromatic heterocycles. The largest absolute Gasteiger partial charge is 0.472 e. The van der Waals surface area contributed by atoms with Gasteiger partial charge in [0, 0.05) is 25.7 Å². The molecule has 0 aliphatic heterocycles. The van der Waals surface area contributed by atoms with Gasteiger partial charge in [0.05, 0.1) is 26.4 Å². The fourth-order valence-electron chi connectivity index (χ4n) is 10.1. The summed E-state index contributed by atoms with van der Waals surface area (Å²) in [6.45, 7) is 4.40. The van der Waals surface area contributed by atoms with Crippen LogP contribution in [0.5, 0.6) is 0 Å². The summed E-state index contributed by atoms with van der Waals surface area (Å²) in [5.41, 5.74) is 0. The summed E-state index contributed by atoms with van der Waals surface area (Å²) in [7, 11) is -10.00. The lowest BCUT2D eigenvalue weighted by Crippen LogP contribution is -2.30. The van der Waals surface area contributed by atoms with Crippen LogP contribution in [0.3, 0.4) is 0 Å². The summed E-state index contributed by atoms with van der Waals surface area (Å²) in [5, 5.41) is 10.6. The number of phosphoric acid groups is 2. The molecule has 0 aromatic rings.